The number of aliphatic carboxylic acids is 2. The van der Waals surface area contributed by atoms with E-state index in [-0.39, 0.29) is 12.8 Å². The molecule has 0 atom stereocenters. The molecule has 7 heteroatoms. The van der Waals surface area contributed by atoms with Gasteiger partial charge in [-0.15, -0.1) is 0 Å². The molecule has 2 aromatic rings. The molecule has 0 amide bonds. The Kier molecular flexibility index (Phi) is 4.68. The maximum Gasteiger partial charge on any atom is 0.341 e. The van der Waals surface area contributed by atoms with Crippen molar-refractivity contribution in [2.24, 2.45) is 0 Å². The number of fused-ring (bicyclic) bond motifs is 1. The largest absolute Gasteiger partial charge is 0.481 e. The normalized spacial score (nSPS) is 10.7. The molecule has 2 N–H and O–H groups in total. The molecule has 0 fully saturated rings. The first kappa shape index (κ1) is 16.5. The molecular formula is C16H16O7. The summed E-state index contributed by atoms with van der Waals surface area (Å²) in [4.78, 5) is 33.4. The Morgan fingerprint density at radius 1 is 1.13 bits per heavy atom. The third kappa shape index (κ3) is 3.50. The minimum Gasteiger partial charge on any atom is -0.481 e. The fraction of sp³-hybridized carbons (Fsp3) is 0.312. The van der Waals surface area contributed by atoms with E-state index in [1.807, 2.05) is 0 Å². The third-order valence-corrected chi connectivity index (χ3v) is 3.59. The van der Waals surface area contributed by atoms with Gasteiger partial charge in [0.25, 0.3) is 0 Å². The van der Waals surface area contributed by atoms with Crippen molar-refractivity contribution in [1.82, 2.24) is 0 Å². The summed E-state index contributed by atoms with van der Waals surface area (Å²) < 4.78 is 10.5. The summed E-state index contributed by atoms with van der Waals surface area (Å²) in [6, 6.07) is 3.27. The molecule has 7 nitrogen and oxygen atoms in total. The molecule has 0 unspecified atom stereocenters. The van der Waals surface area contributed by atoms with Crippen molar-refractivity contribution in [2.75, 3.05) is 6.61 Å². The number of aryl methyl sites for hydroxylation is 2. The van der Waals surface area contributed by atoms with Gasteiger partial charge in [0.15, 0.2) is 6.61 Å². The van der Waals surface area contributed by atoms with Crippen LogP contribution in [0, 0.1) is 13.8 Å². The van der Waals surface area contributed by atoms with Crippen molar-refractivity contribution in [3.8, 4) is 5.75 Å². The molecule has 122 valence electrons. The molecule has 1 aromatic heterocycles. The van der Waals surface area contributed by atoms with E-state index < -0.39 is 24.2 Å². The average Bonchev–Trinajstić information content (AvgIpc) is 2.46. The zero-order chi connectivity index (χ0) is 17.1. The molecule has 0 radical (unpaired) electrons. The van der Waals surface area contributed by atoms with E-state index in [9.17, 15) is 14.4 Å². The molecule has 0 spiro atoms. The third-order valence-electron chi connectivity index (χ3n) is 3.59. The fourth-order valence-corrected chi connectivity index (χ4v) is 2.39. The number of carbonyl (C=O) groups is 2. The second-order valence-corrected chi connectivity index (χ2v) is 5.13. The second-order valence-electron chi connectivity index (χ2n) is 5.13. The van der Waals surface area contributed by atoms with Crippen molar-refractivity contribution in [1.29, 1.82) is 0 Å². The van der Waals surface area contributed by atoms with Gasteiger partial charge < -0.3 is 19.4 Å². The summed E-state index contributed by atoms with van der Waals surface area (Å²) in [5.74, 6) is -1.77. The van der Waals surface area contributed by atoms with Gasteiger partial charge in [0, 0.05) is 22.9 Å². The molecule has 0 aliphatic rings. The maximum atomic E-state index is 12.1. The summed E-state index contributed by atoms with van der Waals surface area (Å²) >= 11 is 0. The van der Waals surface area contributed by atoms with Crippen LogP contribution in [0.5, 0.6) is 5.75 Å². The van der Waals surface area contributed by atoms with Gasteiger partial charge >= 0.3 is 17.6 Å². The highest BCUT2D eigenvalue weighted by Crippen LogP contribution is 2.29. The number of hydrogen-bond donors (Lipinski definition) is 2. The van der Waals surface area contributed by atoms with E-state index in [4.69, 9.17) is 19.4 Å². The highest BCUT2D eigenvalue weighted by Gasteiger charge is 2.16. The molecule has 0 saturated heterocycles. The van der Waals surface area contributed by atoms with Gasteiger partial charge in [-0.2, -0.15) is 0 Å². The van der Waals surface area contributed by atoms with Crippen LogP contribution in [0.1, 0.15) is 23.1 Å². The lowest BCUT2D eigenvalue weighted by Gasteiger charge is -2.12. The Bertz CT molecular complexity index is 832. The monoisotopic (exact) mass is 320 g/mol. The Balaban J connectivity index is 2.51. The predicted octanol–water partition coefficient (Wildman–Crippen LogP) is 1.89. The van der Waals surface area contributed by atoms with E-state index in [1.165, 1.54) is 0 Å². The second kappa shape index (κ2) is 6.51. The van der Waals surface area contributed by atoms with Gasteiger partial charge in [-0.25, -0.2) is 9.59 Å². The minimum absolute atomic E-state index is 0.0930. The van der Waals surface area contributed by atoms with Crippen molar-refractivity contribution in [3.63, 3.8) is 0 Å². The number of benzene rings is 1. The Morgan fingerprint density at radius 2 is 1.83 bits per heavy atom. The number of carboxylic acid groups (broad SMARTS) is 2. The van der Waals surface area contributed by atoms with Gasteiger partial charge in [0.05, 0.1) is 0 Å². The maximum absolute atomic E-state index is 12.1. The number of carboxylic acids is 2. The standard InChI is InChI=1S/C16H16O7/c1-8-10-3-5-12(22-7-14(19)20)9(2)15(10)23-16(21)11(8)4-6-13(17)18/h3,5H,4,6-7H2,1-2H3,(H,17,18)(H,19,20). The van der Waals surface area contributed by atoms with E-state index in [1.54, 1.807) is 26.0 Å². The summed E-state index contributed by atoms with van der Waals surface area (Å²) in [6.45, 7) is 2.90. The van der Waals surface area contributed by atoms with Gasteiger partial charge in [0.2, 0.25) is 0 Å². The fourth-order valence-electron chi connectivity index (χ4n) is 2.39. The zero-order valence-corrected chi connectivity index (χ0v) is 12.7. The quantitative estimate of drug-likeness (QED) is 0.781. The highest BCUT2D eigenvalue weighted by atomic mass is 16.5. The smallest absolute Gasteiger partial charge is 0.341 e. The molecule has 23 heavy (non-hydrogen) atoms. The zero-order valence-electron chi connectivity index (χ0n) is 12.7. The molecule has 1 aromatic carbocycles. The predicted molar refractivity (Wildman–Crippen MR) is 81.0 cm³/mol. The topological polar surface area (TPSA) is 114 Å². The molecule has 0 saturated carbocycles. The molecule has 0 bridgehead atoms. The molecule has 2 rings (SSSR count). The van der Waals surface area contributed by atoms with Crippen LogP contribution in [0.2, 0.25) is 0 Å². The molecular weight excluding hydrogens is 304 g/mol. The number of rotatable bonds is 6. The van der Waals surface area contributed by atoms with Gasteiger partial charge in [-0.1, -0.05) is 0 Å². The van der Waals surface area contributed by atoms with Crippen molar-refractivity contribution >= 4 is 22.9 Å². The number of hydrogen-bond acceptors (Lipinski definition) is 5. The Hall–Kier alpha value is -2.83. The molecule has 0 aliphatic heterocycles. The lowest BCUT2D eigenvalue weighted by atomic mass is 10.0. The van der Waals surface area contributed by atoms with Crippen molar-refractivity contribution in [3.05, 3.63) is 39.2 Å². The lowest BCUT2D eigenvalue weighted by Crippen LogP contribution is -2.13. The van der Waals surface area contributed by atoms with Crippen LogP contribution in [-0.4, -0.2) is 28.8 Å². The average molecular weight is 320 g/mol. The van der Waals surface area contributed by atoms with Crippen LogP contribution in [0.25, 0.3) is 11.0 Å². The minimum atomic E-state index is -1.11. The summed E-state index contributed by atoms with van der Waals surface area (Å²) in [7, 11) is 0. The van der Waals surface area contributed by atoms with E-state index in [0.29, 0.717) is 33.4 Å². The summed E-state index contributed by atoms with van der Waals surface area (Å²) in [5.41, 5.74) is 1.24. The van der Waals surface area contributed by atoms with Crippen LogP contribution in [0.3, 0.4) is 0 Å². The highest BCUT2D eigenvalue weighted by molar-refractivity contribution is 5.85. The van der Waals surface area contributed by atoms with Crippen molar-refractivity contribution < 1.29 is 29.0 Å². The van der Waals surface area contributed by atoms with E-state index >= 15 is 0 Å². The van der Waals surface area contributed by atoms with Crippen LogP contribution in [0.4, 0.5) is 0 Å². The van der Waals surface area contributed by atoms with Gasteiger partial charge in [-0.05, 0) is 38.0 Å². The van der Waals surface area contributed by atoms with E-state index in [2.05, 4.69) is 0 Å². The SMILES string of the molecule is Cc1c(CCC(=O)O)c(=O)oc2c(C)c(OCC(=O)O)ccc12. The summed E-state index contributed by atoms with van der Waals surface area (Å²) in [6.07, 6.45) is -0.0638. The first-order valence-corrected chi connectivity index (χ1v) is 6.93. The van der Waals surface area contributed by atoms with Crippen LogP contribution in [-0.2, 0) is 16.0 Å². The van der Waals surface area contributed by atoms with Crippen LogP contribution >= 0.6 is 0 Å². The van der Waals surface area contributed by atoms with Crippen molar-refractivity contribution in [2.45, 2.75) is 26.7 Å². The van der Waals surface area contributed by atoms with Gasteiger partial charge in [-0.3, -0.25) is 4.79 Å². The lowest BCUT2D eigenvalue weighted by molar-refractivity contribution is -0.139. The molecule has 1 heterocycles. The van der Waals surface area contributed by atoms with Crippen LogP contribution in [0.15, 0.2) is 21.3 Å². The van der Waals surface area contributed by atoms with Gasteiger partial charge in [0.1, 0.15) is 11.3 Å². The van der Waals surface area contributed by atoms with E-state index in [0.717, 1.165) is 0 Å². The summed E-state index contributed by atoms with van der Waals surface area (Å²) in [5, 5.41) is 18.1. The van der Waals surface area contributed by atoms with Crippen LogP contribution < -0.4 is 10.4 Å². The molecule has 0 aliphatic carbocycles. The first-order valence-electron chi connectivity index (χ1n) is 6.93. The Morgan fingerprint density at radius 3 is 2.43 bits per heavy atom. The first-order chi connectivity index (χ1) is 10.8. The number of ether oxygens (including phenoxy) is 1. The Labute approximate surface area is 131 Å².